The maximum atomic E-state index is 5.93. The molecule has 0 fully saturated rings. The fourth-order valence-electron chi connectivity index (χ4n) is 1.48. The van der Waals surface area contributed by atoms with Gasteiger partial charge >= 0.3 is 0 Å². The first kappa shape index (κ1) is 12.3. The van der Waals surface area contributed by atoms with Crippen LogP contribution >= 0.6 is 23.4 Å². The van der Waals surface area contributed by atoms with Crippen molar-refractivity contribution in [2.45, 2.75) is 17.9 Å². The number of rotatable bonds is 5. The first-order chi connectivity index (χ1) is 8.25. The first-order valence-corrected chi connectivity index (χ1v) is 6.75. The average molecular weight is 268 g/mol. The van der Waals surface area contributed by atoms with E-state index in [0.717, 1.165) is 34.3 Å². The van der Waals surface area contributed by atoms with Crippen molar-refractivity contribution in [3.63, 3.8) is 0 Å². The maximum Gasteiger partial charge on any atom is 0.0945 e. The molecular formula is C12H14ClN3S. The molecule has 2 rings (SSSR count). The van der Waals surface area contributed by atoms with E-state index >= 15 is 0 Å². The van der Waals surface area contributed by atoms with Crippen LogP contribution in [0.4, 0.5) is 5.69 Å². The van der Waals surface area contributed by atoms with Gasteiger partial charge in [-0.15, -0.1) is 11.8 Å². The molecule has 17 heavy (non-hydrogen) atoms. The van der Waals surface area contributed by atoms with Gasteiger partial charge in [0.1, 0.15) is 0 Å². The van der Waals surface area contributed by atoms with Crippen molar-refractivity contribution in [3.05, 3.63) is 41.9 Å². The van der Waals surface area contributed by atoms with Gasteiger partial charge < -0.3 is 10.3 Å². The van der Waals surface area contributed by atoms with Gasteiger partial charge in [0.25, 0.3) is 0 Å². The summed E-state index contributed by atoms with van der Waals surface area (Å²) in [6, 6.07) is 5.58. The van der Waals surface area contributed by atoms with Crippen LogP contribution in [0.1, 0.15) is 6.42 Å². The molecule has 0 aliphatic carbocycles. The van der Waals surface area contributed by atoms with Gasteiger partial charge in [0.2, 0.25) is 0 Å². The fourth-order valence-corrected chi connectivity index (χ4v) is 2.66. The zero-order valence-corrected chi connectivity index (χ0v) is 10.9. The molecule has 0 saturated heterocycles. The van der Waals surface area contributed by atoms with E-state index in [4.69, 9.17) is 17.3 Å². The number of benzene rings is 1. The van der Waals surface area contributed by atoms with E-state index in [1.54, 1.807) is 18.0 Å². The lowest BCUT2D eigenvalue weighted by atomic mass is 10.3. The summed E-state index contributed by atoms with van der Waals surface area (Å²) in [5.41, 5.74) is 6.67. The quantitative estimate of drug-likeness (QED) is 0.514. The Bertz CT molecular complexity index is 471. The number of nitrogens with two attached hydrogens (primary N) is 1. The summed E-state index contributed by atoms with van der Waals surface area (Å²) in [4.78, 5) is 5.06. The molecule has 0 amide bonds. The number of hydrogen-bond donors (Lipinski definition) is 1. The predicted octanol–water partition coefficient (Wildman–Crippen LogP) is 3.30. The average Bonchev–Trinajstić information content (AvgIpc) is 2.82. The van der Waals surface area contributed by atoms with E-state index in [2.05, 4.69) is 9.55 Å². The van der Waals surface area contributed by atoms with Crippen LogP contribution in [0.5, 0.6) is 0 Å². The number of aryl methyl sites for hydroxylation is 1. The van der Waals surface area contributed by atoms with E-state index in [9.17, 15) is 0 Å². The van der Waals surface area contributed by atoms with E-state index in [-0.39, 0.29) is 0 Å². The number of anilines is 1. The lowest BCUT2D eigenvalue weighted by Crippen LogP contribution is -1.96. The van der Waals surface area contributed by atoms with E-state index in [1.807, 2.05) is 30.7 Å². The highest BCUT2D eigenvalue weighted by Gasteiger charge is 2.01. The SMILES string of the molecule is Nc1ccc(Cl)cc1SCCCn1ccnc1. The Hall–Kier alpha value is -1.13. The van der Waals surface area contributed by atoms with Crippen molar-refractivity contribution in [1.29, 1.82) is 0 Å². The third-order valence-electron chi connectivity index (χ3n) is 2.35. The number of thioether (sulfide) groups is 1. The smallest absolute Gasteiger partial charge is 0.0945 e. The normalized spacial score (nSPS) is 10.6. The molecule has 0 aliphatic rings. The maximum absolute atomic E-state index is 5.93. The van der Waals surface area contributed by atoms with Crippen LogP contribution in [-0.4, -0.2) is 15.3 Å². The number of imidazole rings is 1. The highest BCUT2D eigenvalue weighted by Crippen LogP contribution is 2.28. The standard InChI is InChI=1S/C12H14ClN3S/c13-10-2-3-11(14)12(8-10)17-7-1-5-16-6-4-15-9-16/h2-4,6,8-9H,1,5,7,14H2. The van der Waals surface area contributed by atoms with Crippen molar-refractivity contribution >= 4 is 29.1 Å². The topological polar surface area (TPSA) is 43.8 Å². The third kappa shape index (κ3) is 3.68. The molecule has 0 saturated carbocycles. The summed E-state index contributed by atoms with van der Waals surface area (Å²) < 4.78 is 2.07. The molecule has 2 aromatic rings. The molecule has 0 unspecified atom stereocenters. The number of aromatic nitrogens is 2. The molecule has 0 bridgehead atoms. The Morgan fingerprint density at radius 3 is 3.06 bits per heavy atom. The van der Waals surface area contributed by atoms with Crippen molar-refractivity contribution in [3.8, 4) is 0 Å². The van der Waals surface area contributed by atoms with Gasteiger partial charge in [-0.3, -0.25) is 0 Å². The fraction of sp³-hybridized carbons (Fsp3) is 0.250. The lowest BCUT2D eigenvalue weighted by Gasteiger charge is -2.06. The summed E-state index contributed by atoms with van der Waals surface area (Å²) in [5, 5.41) is 0.733. The van der Waals surface area contributed by atoms with Gasteiger partial charge in [0, 0.05) is 34.5 Å². The van der Waals surface area contributed by atoms with Gasteiger partial charge in [-0.1, -0.05) is 11.6 Å². The molecule has 0 atom stereocenters. The molecule has 2 N–H and O–H groups in total. The minimum absolute atomic E-state index is 0.733. The minimum Gasteiger partial charge on any atom is -0.398 e. The van der Waals surface area contributed by atoms with Crippen LogP contribution in [0.3, 0.4) is 0 Å². The molecular weight excluding hydrogens is 254 g/mol. The number of halogens is 1. The Balaban J connectivity index is 1.80. The Labute approximate surface area is 110 Å². The van der Waals surface area contributed by atoms with E-state index < -0.39 is 0 Å². The predicted molar refractivity (Wildman–Crippen MR) is 73.4 cm³/mol. The van der Waals surface area contributed by atoms with Crippen LogP contribution in [0.15, 0.2) is 41.8 Å². The minimum atomic E-state index is 0.733. The molecule has 5 heteroatoms. The largest absolute Gasteiger partial charge is 0.398 e. The van der Waals surface area contributed by atoms with Crippen LogP contribution in [0, 0.1) is 0 Å². The summed E-state index contributed by atoms with van der Waals surface area (Å²) >= 11 is 7.67. The number of nitrogens with zero attached hydrogens (tertiary/aromatic N) is 2. The van der Waals surface area contributed by atoms with Crippen molar-refractivity contribution in [2.75, 3.05) is 11.5 Å². The van der Waals surface area contributed by atoms with Crippen LogP contribution in [0.25, 0.3) is 0 Å². The second kappa shape index (κ2) is 5.98. The van der Waals surface area contributed by atoms with Gasteiger partial charge in [-0.05, 0) is 30.4 Å². The highest BCUT2D eigenvalue weighted by molar-refractivity contribution is 7.99. The summed E-state index contributed by atoms with van der Waals surface area (Å²) in [6.45, 7) is 0.980. The Kier molecular flexibility index (Phi) is 4.34. The van der Waals surface area contributed by atoms with Gasteiger partial charge in [-0.25, -0.2) is 4.98 Å². The van der Waals surface area contributed by atoms with Gasteiger partial charge in [0.15, 0.2) is 0 Å². The highest BCUT2D eigenvalue weighted by atomic mass is 35.5. The van der Waals surface area contributed by atoms with Crippen LogP contribution < -0.4 is 5.73 Å². The second-order valence-corrected chi connectivity index (χ2v) is 5.26. The molecule has 0 radical (unpaired) electrons. The van der Waals surface area contributed by atoms with Crippen molar-refractivity contribution in [2.24, 2.45) is 0 Å². The van der Waals surface area contributed by atoms with E-state index in [0.29, 0.717) is 0 Å². The summed E-state index contributed by atoms with van der Waals surface area (Å²) in [5.74, 6) is 1.02. The van der Waals surface area contributed by atoms with Crippen LogP contribution in [-0.2, 0) is 6.54 Å². The van der Waals surface area contributed by atoms with Crippen molar-refractivity contribution < 1.29 is 0 Å². The van der Waals surface area contributed by atoms with Crippen LogP contribution in [0.2, 0.25) is 5.02 Å². The van der Waals surface area contributed by atoms with E-state index in [1.165, 1.54) is 0 Å². The first-order valence-electron chi connectivity index (χ1n) is 5.39. The monoisotopic (exact) mass is 267 g/mol. The summed E-state index contributed by atoms with van der Waals surface area (Å²) in [6.07, 6.45) is 6.67. The zero-order chi connectivity index (χ0) is 12.1. The molecule has 3 nitrogen and oxygen atoms in total. The third-order valence-corrected chi connectivity index (χ3v) is 3.75. The molecule has 1 aromatic carbocycles. The number of nitrogen functional groups attached to an aromatic ring is 1. The second-order valence-electron chi connectivity index (χ2n) is 3.68. The Morgan fingerprint density at radius 2 is 2.29 bits per heavy atom. The van der Waals surface area contributed by atoms with Crippen molar-refractivity contribution in [1.82, 2.24) is 9.55 Å². The zero-order valence-electron chi connectivity index (χ0n) is 9.34. The number of hydrogen-bond acceptors (Lipinski definition) is 3. The Morgan fingerprint density at radius 1 is 1.41 bits per heavy atom. The summed E-state index contributed by atoms with van der Waals surface area (Å²) in [7, 11) is 0. The molecule has 1 aromatic heterocycles. The molecule has 0 aliphatic heterocycles. The lowest BCUT2D eigenvalue weighted by molar-refractivity contribution is 0.683. The van der Waals surface area contributed by atoms with Gasteiger partial charge in [0.05, 0.1) is 6.33 Å². The van der Waals surface area contributed by atoms with Gasteiger partial charge in [-0.2, -0.15) is 0 Å². The molecule has 0 spiro atoms. The molecule has 1 heterocycles. The molecule has 90 valence electrons.